The highest BCUT2D eigenvalue weighted by atomic mass is 14.9. The molecular weight excluding hydrogens is 234 g/mol. The summed E-state index contributed by atoms with van der Waals surface area (Å²) in [5.41, 5.74) is 1.99. The van der Waals surface area contributed by atoms with Crippen LogP contribution in [-0.4, -0.2) is 11.5 Å². The normalized spacial score (nSPS) is 11.4. The van der Waals surface area contributed by atoms with Gasteiger partial charge in [0.05, 0.1) is 17.0 Å². The van der Waals surface area contributed by atoms with Gasteiger partial charge in [0.15, 0.2) is 0 Å². The second-order valence-electron chi connectivity index (χ2n) is 5.41. The van der Waals surface area contributed by atoms with Gasteiger partial charge >= 0.3 is 0 Å². The Kier molecular flexibility index (Phi) is 4.13. The zero-order valence-corrected chi connectivity index (χ0v) is 11.5. The van der Waals surface area contributed by atoms with Crippen molar-refractivity contribution in [2.24, 2.45) is 5.41 Å². The van der Waals surface area contributed by atoms with Crippen LogP contribution in [0.25, 0.3) is 10.9 Å². The highest BCUT2D eigenvalue weighted by Crippen LogP contribution is 2.18. The van der Waals surface area contributed by atoms with Gasteiger partial charge in [-0.05, 0) is 38.4 Å². The van der Waals surface area contributed by atoms with Crippen molar-refractivity contribution in [2.45, 2.75) is 26.8 Å². The maximum absolute atomic E-state index is 8.96. The number of hydrogen-bond donors (Lipinski definition) is 1. The number of hydrogen-bond acceptors (Lipinski definition) is 3. The lowest BCUT2D eigenvalue weighted by atomic mass is 9.91. The van der Waals surface area contributed by atoms with Gasteiger partial charge in [-0.2, -0.15) is 5.26 Å². The van der Waals surface area contributed by atoms with E-state index in [2.05, 4.69) is 40.6 Å². The second kappa shape index (κ2) is 5.81. The molecule has 2 aromatic rings. The molecule has 0 fully saturated rings. The fraction of sp³-hybridized carbons (Fsp3) is 0.375. The van der Waals surface area contributed by atoms with Crippen LogP contribution in [0, 0.1) is 16.7 Å². The minimum absolute atomic E-state index is 0.260. The number of para-hydroxylation sites is 1. The summed E-state index contributed by atoms with van der Waals surface area (Å²) in [6, 6.07) is 12.6. The van der Waals surface area contributed by atoms with Gasteiger partial charge in [0.1, 0.15) is 0 Å². The Balaban J connectivity index is 1.98. The third-order valence-corrected chi connectivity index (χ3v) is 3.26. The molecule has 1 aromatic carbocycles. The lowest BCUT2D eigenvalue weighted by Crippen LogP contribution is -2.21. The Morgan fingerprint density at radius 3 is 2.84 bits per heavy atom. The summed E-state index contributed by atoms with van der Waals surface area (Å²) < 4.78 is 0. The molecule has 0 bridgehead atoms. The van der Waals surface area contributed by atoms with Gasteiger partial charge in [0, 0.05) is 18.1 Å². The molecule has 1 N–H and O–H groups in total. The summed E-state index contributed by atoms with van der Waals surface area (Å²) in [4.78, 5) is 4.43. The Bertz CT molecular complexity index is 591. The molecule has 19 heavy (non-hydrogen) atoms. The van der Waals surface area contributed by atoms with E-state index in [4.69, 9.17) is 5.26 Å². The summed E-state index contributed by atoms with van der Waals surface area (Å²) in [6.45, 7) is 5.56. The molecule has 0 aliphatic carbocycles. The van der Waals surface area contributed by atoms with Crippen LogP contribution in [0.1, 0.15) is 25.8 Å². The van der Waals surface area contributed by atoms with Gasteiger partial charge in [0.25, 0.3) is 0 Å². The molecule has 0 radical (unpaired) electrons. The van der Waals surface area contributed by atoms with Crippen LogP contribution < -0.4 is 5.32 Å². The molecule has 0 unspecified atom stereocenters. The molecule has 1 aromatic heterocycles. The molecule has 0 spiro atoms. The molecule has 0 amide bonds. The first-order valence-electron chi connectivity index (χ1n) is 6.57. The molecule has 0 aliphatic heterocycles. The number of rotatable bonds is 5. The van der Waals surface area contributed by atoms with E-state index in [1.165, 1.54) is 10.9 Å². The molecule has 0 saturated carbocycles. The lowest BCUT2D eigenvalue weighted by molar-refractivity contribution is 0.432. The minimum atomic E-state index is -0.260. The summed E-state index contributed by atoms with van der Waals surface area (Å²) >= 11 is 0. The van der Waals surface area contributed by atoms with E-state index in [1.54, 1.807) is 0 Å². The van der Waals surface area contributed by atoms with E-state index in [1.807, 2.05) is 26.1 Å². The third kappa shape index (κ3) is 3.52. The van der Waals surface area contributed by atoms with Crippen LogP contribution in [0.15, 0.2) is 36.5 Å². The van der Waals surface area contributed by atoms with Crippen molar-refractivity contribution in [3.8, 4) is 6.07 Å². The van der Waals surface area contributed by atoms with Crippen molar-refractivity contribution in [2.75, 3.05) is 6.54 Å². The van der Waals surface area contributed by atoms with E-state index in [0.29, 0.717) is 0 Å². The quantitative estimate of drug-likeness (QED) is 0.832. The lowest BCUT2D eigenvalue weighted by Gasteiger charge is -2.15. The van der Waals surface area contributed by atoms with Crippen molar-refractivity contribution in [1.82, 2.24) is 10.3 Å². The van der Waals surface area contributed by atoms with Gasteiger partial charge in [-0.15, -0.1) is 0 Å². The maximum atomic E-state index is 8.96. The molecule has 1 heterocycles. The van der Waals surface area contributed by atoms with Crippen LogP contribution in [0.3, 0.4) is 0 Å². The first-order chi connectivity index (χ1) is 9.12. The first kappa shape index (κ1) is 13.5. The van der Waals surface area contributed by atoms with Crippen LogP contribution in [0.2, 0.25) is 0 Å². The number of benzene rings is 1. The molecule has 3 nitrogen and oxygen atoms in total. The fourth-order valence-electron chi connectivity index (χ4n) is 1.99. The first-order valence-corrected chi connectivity index (χ1v) is 6.57. The average molecular weight is 253 g/mol. The molecule has 2 rings (SSSR count). The third-order valence-electron chi connectivity index (χ3n) is 3.26. The highest BCUT2D eigenvalue weighted by molar-refractivity contribution is 5.81. The van der Waals surface area contributed by atoms with Crippen molar-refractivity contribution in [3.63, 3.8) is 0 Å². The monoisotopic (exact) mass is 253 g/mol. The van der Waals surface area contributed by atoms with E-state index >= 15 is 0 Å². The van der Waals surface area contributed by atoms with E-state index < -0.39 is 0 Å². The predicted molar refractivity (Wildman–Crippen MR) is 77.5 cm³/mol. The van der Waals surface area contributed by atoms with Crippen LogP contribution in [0.5, 0.6) is 0 Å². The Labute approximate surface area is 114 Å². The standard InChI is InChI=1S/C16H19N3/c1-16(2,12-17)8-10-18-11-14-6-3-5-13-7-4-9-19-15(13)14/h3-7,9,18H,8,10-11H2,1-2H3. The number of nitrogens with one attached hydrogen (secondary N) is 1. The predicted octanol–water partition coefficient (Wildman–Crippen LogP) is 3.26. The van der Waals surface area contributed by atoms with Gasteiger partial charge in [-0.25, -0.2) is 0 Å². The summed E-state index contributed by atoms with van der Waals surface area (Å²) in [5.74, 6) is 0. The van der Waals surface area contributed by atoms with E-state index in [9.17, 15) is 0 Å². The number of nitriles is 1. The molecule has 3 heteroatoms. The average Bonchev–Trinajstić information content (AvgIpc) is 2.44. The highest BCUT2D eigenvalue weighted by Gasteiger charge is 2.15. The Morgan fingerprint density at radius 1 is 1.26 bits per heavy atom. The Morgan fingerprint density at radius 2 is 2.05 bits per heavy atom. The molecule has 0 atom stereocenters. The zero-order chi connectivity index (χ0) is 13.7. The van der Waals surface area contributed by atoms with E-state index in [0.717, 1.165) is 25.0 Å². The SMILES string of the molecule is CC(C)(C#N)CCNCc1cccc2cccnc12. The minimum Gasteiger partial charge on any atom is -0.313 e. The van der Waals surface area contributed by atoms with Gasteiger partial charge in [-0.1, -0.05) is 24.3 Å². The second-order valence-corrected chi connectivity index (χ2v) is 5.41. The number of nitrogens with zero attached hydrogens (tertiary/aromatic N) is 2. The summed E-state index contributed by atoms with van der Waals surface area (Å²) in [5, 5.41) is 13.5. The number of fused-ring (bicyclic) bond motifs is 1. The largest absolute Gasteiger partial charge is 0.313 e. The Hall–Kier alpha value is -1.92. The molecular formula is C16H19N3. The maximum Gasteiger partial charge on any atom is 0.0746 e. The van der Waals surface area contributed by atoms with Gasteiger partial charge in [0.2, 0.25) is 0 Å². The van der Waals surface area contributed by atoms with Crippen molar-refractivity contribution in [1.29, 1.82) is 5.26 Å². The molecule has 0 aliphatic rings. The van der Waals surface area contributed by atoms with Gasteiger partial charge < -0.3 is 5.32 Å². The van der Waals surface area contributed by atoms with Crippen LogP contribution in [0.4, 0.5) is 0 Å². The summed E-state index contributed by atoms with van der Waals surface area (Å²) in [7, 11) is 0. The van der Waals surface area contributed by atoms with E-state index in [-0.39, 0.29) is 5.41 Å². The van der Waals surface area contributed by atoms with Crippen molar-refractivity contribution < 1.29 is 0 Å². The van der Waals surface area contributed by atoms with Crippen molar-refractivity contribution >= 4 is 10.9 Å². The van der Waals surface area contributed by atoms with Crippen LogP contribution >= 0.6 is 0 Å². The molecule has 0 saturated heterocycles. The summed E-state index contributed by atoms with van der Waals surface area (Å²) in [6.07, 6.45) is 2.67. The van der Waals surface area contributed by atoms with Crippen LogP contribution in [-0.2, 0) is 6.54 Å². The smallest absolute Gasteiger partial charge is 0.0746 e. The van der Waals surface area contributed by atoms with Crippen molar-refractivity contribution in [3.05, 3.63) is 42.1 Å². The van der Waals surface area contributed by atoms with Gasteiger partial charge in [-0.3, -0.25) is 4.98 Å². The number of pyridine rings is 1. The fourth-order valence-corrected chi connectivity index (χ4v) is 1.99. The topological polar surface area (TPSA) is 48.7 Å². The molecule has 98 valence electrons. The number of aromatic nitrogens is 1. The zero-order valence-electron chi connectivity index (χ0n) is 11.5.